The normalized spacial score (nSPS) is 11.2. The van der Waals surface area contributed by atoms with Crippen LogP contribution in [0.3, 0.4) is 0 Å². The zero-order valence-electron chi connectivity index (χ0n) is 12.7. The fourth-order valence-corrected chi connectivity index (χ4v) is 2.73. The van der Waals surface area contributed by atoms with Gasteiger partial charge in [-0.1, -0.05) is 6.07 Å². The highest BCUT2D eigenvalue weighted by molar-refractivity contribution is 7.99. The molecule has 11 heteroatoms. The average molecular weight is 400 g/mol. The zero-order valence-corrected chi connectivity index (χ0v) is 14.3. The van der Waals surface area contributed by atoms with Crippen LogP contribution in [-0.2, 0) is 0 Å². The van der Waals surface area contributed by atoms with Gasteiger partial charge in [0.25, 0.3) is 0 Å². The van der Waals surface area contributed by atoms with Gasteiger partial charge < -0.3 is 10.1 Å². The molecule has 26 heavy (non-hydrogen) atoms. The lowest BCUT2D eigenvalue weighted by molar-refractivity contribution is -0.274. The van der Waals surface area contributed by atoms with Crippen LogP contribution in [0, 0.1) is 0 Å². The molecule has 0 amide bonds. The summed E-state index contributed by atoms with van der Waals surface area (Å²) in [6.07, 6.45) is -3.11. The molecule has 1 N–H and O–H groups in total. The first kappa shape index (κ1) is 18.2. The minimum atomic E-state index is -4.74. The number of anilines is 2. The van der Waals surface area contributed by atoms with Gasteiger partial charge in [-0.15, -0.1) is 13.2 Å². The standard InChI is InChI=1S/C15H9ClF3N5OS/c16-12-22-13(24-14(23-12)26-11-3-1-2-8-20-11)21-9-4-6-10(7-5-9)25-15(17,18)19/h1-8H,(H,21,22,23,24). The minimum Gasteiger partial charge on any atom is -0.406 e. The third-order valence-corrected chi connectivity index (χ3v) is 3.75. The van der Waals surface area contributed by atoms with E-state index in [0.717, 1.165) is 0 Å². The van der Waals surface area contributed by atoms with Crippen LogP contribution in [0.4, 0.5) is 24.8 Å². The molecule has 0 atom stereocenters. The third-order valence-electron chi connectivity index (χ3n) is 2.77. The van der Waals surface area contributed by atoms with Gasteiger partial charge in [0.1, 0.15) is 10.8 Å². The summed E-state index contributed by atoms with van der Waals surface area (Å²) in [5.74, 6) is -0.184. The second kappa shape index (κ2) is 7.75. The highest BCUT2D eigenvalue weighted by Gasteiger charge is 2.30. The molecule has 0 spiro atoms. The summed E-state index contributed by atoms with van der Waals surface area (Å²) < 4.78 is 40.3. The van der Waals surface area contributed by atoms with E-state index in [0.29, 0.717) is 15.9 Å². The Morgan fingerprint density at radius 3 is 2.42 bits per heavy atom. The summed E-state index contributed by atoms with van der Waals surface area (Å²) in [5.41, 5.74) is 0.454. The van der Waals surface area contributed by atoms with Crippen molar-refractivity contribution in [2.24, 2.45) is 0 Å². The maximum atomic E-state index is 12.2. The second-order valence-electron chi connectivity index (χ2n) is 4.68. The summed E-state index contributed by atoms with van der Waals surface area (Å²) >= 11 is 7.09. The van der Waals surface area contributed by atoms with Crippen molar-refractivity contribution in [3.8, 4) is 5.75 Å². The first-order valence-corrected chi connectivity index (χ1v) is 8.20. The molecular formula is C15H9ClF3N5OS. The number of ether oxygens (including phenoxy) is 1. The Kier molecular flexibility index (Phi) is 5.43. The summed E-state index contributed by atoms with van der Waals surface area (Å²) in [7, 11) is 0. The van der Waals surface area contributed by atoms with Gasteiger partial charge in [-0.3, -0.25) is 0 Å². The number of nitrogens with zero attached hydrogens (tertiary/aromatic N) is 4. The summed E-state index contributed by atoms with van der Waals surface area (Å²) in [6, 6.07) is 10.5. The highest BCUT2D eigenvalue weighted by atomic mass is 35.5. The SMILES string of the molecule is FC(F)(F)Oc1ccc(Nc2nc(Cl)nc(Sc3ccccn3)n2)cc1. The first-order valence-electron chi connectivity index (χ1n) is 7.01. The van der Waals surface area contributed by atoms with Crippen LogP contribution >= 0.6 is 23.4 Å². The van der Waals surface area contributed by atoms with E-state index in [9.17, 15) is 13.2 Å². The van der Waals surface area contributed by atoms with Gasteiger partial charge >= 0.3 is 6.36 Å². The van der Waals surface area contributed by atoms with Crippen molar-refractivity contribution in [1.82, 2.24) is 19.9 Å². The Bertz CT molecular complexity index is 881. The van der Waals surface area contributed by atoms with E-state index in [-0.39, 0.29) is 17.0 Å². The predicted molar refractivity (Wildman–Crippen MR) is 89.6 cm³/mol. The van der Waals surface area contributed by atoms with Crippen LogP contribution in [0.2, 0.25) is 5.28 Å². The van der Waals surface area contributed by atoms with Crippen LogP contribution in [-0.4, -0.2) is 26.3 Å². The molecule has 134 valence electrons. The van der Waals surface area contributed by atoms with Gasteiger partial charge in [0.15, 0.2) is 5.16 Å². The molecule has 0 radical (unpaired) electrons. The summed E-state index contributed by atoms with van der Waals surface area (Å²) in [4.78, 5) is 16.3. The van der Waals surface area contributed by atoms with Gasteiger partial charge in [-0.25, -0.2) is 4.98 Å². The number of nitrogens with one attached hydrogen (secondary N) is 1. The van der Waals surface area contributed by atoms with Crippen LogP contribution in [0.1, 0.15) is 0 Å². The van der Waals surface area contributed by atoms with E-state index in [1.54, 1.807) is 18.3 Å². The molecule has 0 aliphatic heterocycles. The molecule has 3 rings (SSSR count). The van der Waals surface area contributed by atoms with Crippen molar-refractivity contribution in [2.45, 2.75) is 16.5 Å². The Labute approximate surface area is 154 Å². The monoisotopic (exact) mass is 399 g/mol. The van der Waals surface area contributed by atoms with Crippen LogP contribution in [0.5, 0.6) is 5.75 Å². The van der Waals surface area contributed by atoms with Crippen molar-refractivity contribution in [3.05, 3.63) is 53.9 Å². The highest BCUT2D eigenvalue weighted by Crippen LogP contribution is 2.27. The largest absolute Gasteiger partial charge is 0.573 e. The lowest BCUT2D eigenvalue weighted by Gasteiger charge is -2.10. The van der Waals surface area contributed by atoms with Gasteiger partial charge in [0.05, 0.1) is 0 Å². The molecule has 0 aliphatic rings. The zero-order chi connectivity index (χ0) is 18.6. The van der Waals surface area contributed by atoms with Gasteiger partial charge in [-0.2, -0.15) is 15.0 Å². The molecule has 0 saturated heterocycles. The Balaban J connectivity index is 1.73. The topological polar surface area (TPSA) is 72.8 Å². The number of benzene rings is 1. The van der Waals surface area contributed by atoms with E-state index in [1.807, 2.05) is 6.07 Å². The molecular weight excluding hydrogens is 391 g/mol. The molecule has 0 unspecified atom stereocenters. The quantitative estimate of drug-likeness (QED) is 0.665. The first-order chi connectivity index (χ1) is 12.4. The van der Waals surface area contributed by atoms with Gasteiger partial charge in [0, 0.05) is 11.9 Å². The Hall–Kier alpha value is -2.59. The molecule has 3 aromatic rings. The molecule has 1 aromatic carbocycles. The Morgan fingerprint density at radius 1 is 1.00 bits per heavy atom. The average Bonchev–Trinajstić information content (AvgIpc) is 2.56. The third kappa shape index (κ3) is 5.46. The van der Waals surface area contributed by atoms with Gasteiger partial charge in [-0.05, 0) is 59.8 Å². The van der Waals surface area contributed by atoms with E-state index >= 15 is 0 Å². The number of halogens is 4. The lowest BCUT2D eigenvalue weighted by Crippen LogP contribution is -2.17. The number of pyridine rings is 1. The molecule has 0 bridgehead atoms. The van der Waals surface area contributed by atoms with E-state index in [4.69, 9.17) is 11.6 Å². The van der Waals surface area contributed by atoms with Crippen molar-refractivity contribution < 1.29 is 17.9 Å². The minimum absolute atomic E-state index is 0.0297. The number of hydrogen-bond donors (Lipinski definition) is 1. The molecule has 2 aromatic heterocycles. The fourth-order valence-electron chi connectivity index (χ4n) is 1.80. The molecule has 6 nitrogen and oxygen atoms in total. The number of alkyl halides is 3. The Morgan fingerprint density at radius 2 is 1.77 bits per heavy atom. The predicted octanol–water partition coefficient (Wildman–Crippen LogP) is 4.71. The lowest BCUT2D eigenvalue weighted by atomic mass is 10.3. The number of rotatable bonds is 5. The van der Waals surface area contributed by atoms with Gasteiger partial charge in [0.2, 0.25) is 11.2 Å². The molecule has 2 heterocycles. The maximum absolute atomic E-state index is 12.2. The molecule has 0 saturated carbocycles. The van der Waals surface area contributed by atoms with Crippen molar-refractivity contribution in [3.63, 3.8) is 0 Å². The van der Waals surface area contributed by atoms with E-state index < -0.39 is 6.36 Å². The van der Waals surface area contributed by atoms with Crippen molar-refractivity contribution >= 4 is 35.0 Å². The second-order valence-corrected chi connectivity index (χ2v) is 6.00. The van der Waals surface area contributed by atoms with Crippen LogP contribution in [0.15, 0.2) is 58.8 Å². The smallest absolute Gasteiger partial charge is 0.406 e. The molecule has 0 aliphatic carbocycles. The van der Waals surface area contributed by atoms with E-state index in [2.05, 4.69) is 30.0 Å². The molecule has 0 fully saturated rings. The fraction of sp³-hybridized carbons (Fsp3) is 0.0667. The summed E-state index contributed by atoms with van der Waals surface area (Å²) in [5, 5.41) is 3.81. The van der Waals surface area contributed by atoms with Crippen molar-refractivity contribution in [1.29, 1.82) is 0 Å². The maximum Gasteiger partial charge on any atom is 0.573 e. The number of aromatic nitrogens is 4. The van der Waals surface area contributed by atoms with E-state index in [1.165, 1.54) is 36.0 Å². The van der Waals surface area contributed by atoms with Crippen LogP contribution in [0.25, 0.3) is 0 Å². The summed E-state index contributed by atoms with van der Waals surface area (Å²) in [6.45, 7) is 0. The number of hydrogen-bond acceptors (Lipinski definition) is 7. The van der Waals surface area contributed by atoms with Crippen LogP contribution < -0.4 is 10.1 Å². The van der Waals surface area contributed by atoms with Crippen molar-refractivity contribution in [2.75, 3.05) is 5.32 Å².